The predicted molar refractivity (Wildman–Crippen MR) is 135 cm³/mol. The van der Waals surface area contributed by atoms with Gasteiger partial charge in [-0.05, 0) is 50.1 Å². The number of hydrogen-bond acceptors (Lipinski definition) is 6. The molecule has 2 N–H and O–H groups in total. The van der Waals surface area contributed by atoms with Crippen molar-refractivity contribution >= 4 is 40.3 Å². The number of para-hydroxylation sites is 1. The zero-order valence-corrected chi connectivity index (χ0v) is 20.5. The normalized spacial score (nSPS) is 15.0. The highest BCUT2D eigenvalue weighted by molar-refractivity contribution is 8.15. The molecule has 2 aromatic carbocycles. The third kappa shape index (κ3) is 6.60. The van der Waals surface area contributed by atoms with E-state index in [1.165, 1.54) is 11.8 Å². The van der Waals surface area contributed by atoms with Crippen LogP contribution in [0.25, 0.3) is 0 Å². The van der Waals surface area contributed by atoms with Crippen LogP contribution in [0.1, 0.15) is 36.2 Å². The van der Waals surface area contributed by atoms with Gasteiger partial charge in [0.25, 0.3) is 11.8 Å². The summed E-state index contributed by atoms with van der Waals surface area (Å²) in [5.74, 6) is -0.0272. The molecule has 0 spiro atoms. The Morgan fingerprint density at radius 3 is 2.62 bits per heavy atom. The van der Waals surface area contributed by atoms with Gasteiger partial charge >= 0.3 is 0 Å². The number of hydrogen-bond donors (Lipinski definition) is 2. The highest BCUT2D eigenvalue weighted by atomic mass is 32.2. The summed E-state index contributed by atoms with van der Waals surface area (Å²) in [4.78, 5) is 43.4. The first-order chi connectivity index (χ1) is 16.4. The summed E-state index contributed by atoms with van der Waals surface area (Å²) in [6, 6.07) is 14.4. The quantitative estimate of drug-likeness (QED) is 0.539. The van der Waals surface area contributed by atoms with E-state index in [1.54, 1.807) is 31.4 Å². The van der Waals surface area contributed by atoms with Gasteiger partial charge in [-0.3, -0.25) is 14.4 Å². The third-order valence-electron chi connectivity index (χ3n) is 5.41. The number of nitrogens with zero attached hydrogens (tertiary/aromatic N) is 2. The molecule has 3 amide bonds. The van der Waals surface area contributed by atoms with Crippen LogP contribution >= 0.6 is 11.8 Å². The van der Waals surface area contributed by atoms with Crippen LogP contribution < -0.4 is 15.4 Å². The molecule has 1 atom stereocenters. The Bertz CT molecular complexity index is 1070. The molecule has 0 aromatic heterocycles. The maximum Gasteiger partial charge on any atom is 0.262 e. The topological polar surface area (TPSA) is 100 Å². The Labute approximate surface area is 204 Å². The molecular formula is C25H30N4O4S. The van der Waals surface area contributed by atoms with Crippen molar-refractivity contribution in [1.82, 2.24) is 10.2 Å². The number of ether oxygens (including phenoxy) is 1. The van der Waals surface area contributed by atoms with Gasteiger partial charge in [0.2, 0.25) is 5.91 Å². The lowest BCUT2D eigenvalue weighted by atomic mass is 10.1. The first-order valence-corrected chi connectivity index (χ1v) is 12.2. The second-order valence-corrected chi connectivity index (χ2v) is 8.83. The minimum atomic E-state index is -0.531. The first-order valence-electron chi connectivity index (χ1n) is 11.3. The lowest BCUT2D eigenvalue weighted by Gasteiger charge is -2.19. The van der Waals surface area contributed by atoms with Gasteiger partial charge in [-0.1, -0.05) is 36.0 Å². The van der Waals surface area contributed by atoms with E-state index < -0.39 is 5.25 Å². The molecule has 0 bridgehead atoms. The van der Waals surface area contributed by atoms with Crippen LogP contribution in [-0.4, -0.2) is 59.8 Å². The maximum atomic E-state index is 12.6. The molecule has 1 heterocycles. The largest absolute Gasteiger partial charge is 0.496 e. The van der Waals surface area contributed by atoms with Gasteiger partial charge in [0.15, 0.2) is 5.17 Å². The minimum Gasteiger partial charge on any atom is -0.496 e. The number of thioether (sulfide) groups is 1. The molecule has 180 valence electrons. The number of aliphatic imine (C=N–C) groups is 1. The Morgan fingerprint density at radius 2 is 1.88 bits per heavy atom. The van der Waals surface area contributed by atoms with E-state index >= 15 is 0 Å². The number of amides is 3. The summed E-state index contributed by atoms with van der Waals surface area (Å²) in [7, 11) is 1.62. The van der Waals surface area contributed by atoms with E-state index in [4.69, 9.17) is 4.74 Å². The highest BCUT2D eigenvalue weighted by Crippen LogP contribution is 2.27. The Hall–Kier alpha value is -3.33. The molecule has 0 aliphatic carbocycles. The van der Waals surface area contributed by atoms with Gasteiger partial charge in [0, 0.05) is 37.3 Å². The minimum absolute atomic E-state index is 0.0209. The second kappa shape index (κ2) is 12.2. The van der Waals surface area contributed by atoms with E-state index in [0.29, 0.717) is 29.4 Å². The lowest BCUT2D eigenvalue weighted by molar-refractivity contribution is -0.121. The summed E-state index contributed by atoms with van der Waals surface area (Å²) in [5, 5.41) is 5.82. The van der Waals surface area contributed by atoms with Gasteiger partial charge in [-0.25, -0.2) is 0 Å². The SMILES string of the molecule is CCN(CC)C1=NC(=O)[C@H](CC(=O)Nc2cccc(C(=O)NCCc3ccccc3OC)c2)S1. The maximum absolute atomic E-state index is 12.6. The summed E-state index contributed by atoms with van der Waals surface area (Å²) in [5.41, 5.74) is 1.96. The van der Waals surface area contributed by atoms with E-state index in [-0.39, 0.29) is 24.1 Å². The summed E-state index contributed by atoms with van der Waals surface area (Å²) < 4.78 is 5.34. The molecule has 0 unspecified atom stereocenters. The van der Waals surface area contributed by atoms with Gasteiger partial charge in [-0.15, -0.1) is 0 Å². The fraction of sp³-hybridized carbons (Fsp3) is 0.360. The summed E-state index contributed by atoms with van der Waals surface area (Å²) >= 11 is 1.33. The number of rotatable bonds is 10. The fourth-order valence-corrected chi connectivity index (χ4v) is 4.77. The predicted octanol–water partition coefficient (Wildman–Crippen LogP) is 3.34. The molecule has 0 fully saturated rings. The van der Waals surface area contributed by atoms with E-state index in [2.05, 4.69) is 15.6 Å². The van der Waals surface area contributed by atoms with Crippen molar-refractivity contribution in [3.63, 3.8) is 0 Å². The number of benzene rings is 2. The molecular weight excluding hydrogens is 452 g/mol. The molecule has 0 saturated heterocycles. The lowest BCUT2D eigenvalue weighted by Crippen LogP contribution is -2.28. The molecule has 0 radical (unpaired) electrons. The van der Waals surface area contributed by atoms with Gasteiger partial charge in [0.1, 0.15) is 11.0 Å². The number of methoxy groups -OCH3 is 1. The molecule has 1 aliphatic rings. The van der Waals surface area contributed by atoms with Crippen LogP contribution in [0.15, 0.2) is 53.5 Å². The van der Waals surface area contributed by atoms with E-state index in [0.717, 1.165) is 24.4 Å². The van der Waals surface area contributed by atoms with Crippen LogP contribution in [0.3, 0.4) is 0 Å². The summed E-state index contributed by atoms with van der Waals surface area (Å²) in [6.45, 7) is 5.95. The molecule has 8 nitrogen and oxygen atoms in total. The number of amidine groups is 1. The van der Waals surface area contributed by atoms with Gasteiger partial charge in [0.05, 0.1) is 7.11 Å². The third-order valence-corrected chi connectivity index (χ3v) is 6.63. The highest BCUT2D eigenvalue weighted by Gasteiger charge is 2.32. The van der Waals surface area contributed by atoms with Crippen LogP contribution in [0.2, 0.25) is 0 Å². The molecule has 2 aromatic rings. The van der Waals surface area contributed by atoms with Crippen molar-refractivity contribution in [1.29, 1.82) is 0 Å². The molecule has 1 aliphatic heterocycles. The molecule has 9 heteroatoms. The van der Waals surface area contributed by atoms with Crippen molar-refractivity contribution in [2.75, 3.05) is 32.1 Å². The Kier molecular flexibility index (Phi) is 9.09. The van der Waals surface area contributed by atoms with Crippen molar-refractivity contribution in [3.8, 4) is 5.75 Å². The van der Waals surface area contributed by atoms with Crippen molar-refractivity contribution in [2.24, 2.45) is 4.99 Å². The molecule has 3 rings (SSSR count). The average Bonchev–Trinajstić information content (AvgIpc) is 3.19. The zero-order chi connectivity index (χ0) is 24.5. The van der Waals surface area contributed by atoms with Crippen molar-refractivity contribution < 1.29 is 19.1 Å². The Balaban J connectivity index is 1.51. The Morgan fingerprint density at radius 1 is 1.12 bits per heavy atom. The number of nitrogens with one attached hydrogen (secondary N) is 2. The molecule has 0 saturated carbocycles. The molecule has 34 heavy (non-hydrogen) atoms. The van der Waals surface area contributed by atoms with Gasteiger partial charge in [-0.2, -0.15) is 4.99 Å². The zero-order valence-electron chi connectivity index (χ0n) is 19.7. The van der Waals surface area contributed by atoms with Crippen LogP contribution in [0.4, 0.5) is 5.69 Å². The standard InChI is InChI=1S/C25H30N4O4S/c1-4-29(5-2)25-28-24(32)21(34-25)16-22(30)27-19-11-8-10-18(15-19)23(31)26-14-13-17-9-6-7-12-20(17)33-3/h6-12,15,21H,4-5,13-14,16H2,1-3H3,(H,26,31)(H,27,30)/t21-/m0/s1. The number of anilines is 1. The number of carbonyl (C=O) groups excluding carboxylic acids is 3. The smallest absolute Gasteiger partial charge is 0.262 e. The monoisotopic (exact) mass is 482 g/mol. The van der Waals surface area contributed by atoms with Crippen LogP contribution in [0.5, 0.6) is 5.75 Å². The van der Waals surface area contributed by atoms with Crippen LogP contribution in [0, 0.1) is 0 Å². The van der Waals surface area contributed by atoms with Gasteiger partial charge < -0.3 is 20.3 Å². The number of carbonyl (C=O) groups is 3. The first kappa shape index (κ1) is 25.3. The summed E-state index contributed by atoms with van der Waals surface area (Å²) in [6.07, 6.45) is 0.657. The van der Waals surface area contributed by atoms with Crippen molar-refractivity contribution in [2.45, 2.75) is 31.9 Å². The van der Waals surface area contributed by atoms with E-state index in [9.17, 15) is 14.4 Å². The average molecular weight is 483 g/mol. The van der Waals surface area contributed by atoms with Crippen LogP contribution in [-0.2, 0) is 16.0 Å². The fourth-order valence-electron chi connectivity index (χ4n) is 3.58. The van der Waals surface area contributed by atoms with Crippen molar-refractivity contribution in [3.05, 3.63) is 59.7 Å². The van der Waals surface area contributed by atoms with E-state index in [1.807, 2.05) is 43.0 Å². The second-order valence-electron chi connectivity index (χ2n) is 7.66.